The molecule has 7 nitrogen and oxygen atoms in total. The maximum absolute atomic E-state index is 14.8. The molecule has 26 heavy (non-hydrogen) atoms. The van der Waals surface area contributed by atoms with Crippen molar-refractivity contribution in [3.8, 4) is 0 Å². The van der Waals surface area contributed by atoms with Gasteiger partial charge in [-0.25, -0.2) is 14.2 Å². The van der Waals surface area contributed by atoms with Crippen LogP contribution in [0, 0.1) is 5.82 Å². The zero-order valence-corrected chi connectivity index (χ0v) is 15.2. The Morgan fingerprint density at radius 1 is 1.35 bits per heavy atom. The Labute approximate surface area is 155 Å². The Morgan fingerprint density at radius 2 is 2.04 bits per heavy atom. The molecular weight excluding hydrogens is 361 g/mol. The lowest BCUT2D eigenvalue weighted by Gasteiger charge is -2.45. The molecule has 140 valence electrons. The molecular formula is C17H21ClFN5O2. The number of carbonyl (C=O) groups excluding carboxylic acids is 1. The number of aliphatic imine (C=N–C) groups is 2. The second kappa shape index (κ2) is 7.11. The number of carbonyl (C=O) groups is 1. The van der Waals surface area contributed by atoms with Crippen LogP contribution >= 0.6 is 11.6 Å². The highest BCUT2D eigenvalue weighted by atomic mass is 35.5. The van der Waals surface area contributed by atoms with E-state index in [0.717, 1.165) is 25.3 Å². The van der Waals surface area contributed by atoms with E-state index in [2.05, 4.69) is 9.98 Å². The third-order valence-electron chi connectivity index (χ3n) is 4.62. The normalized spacial score (nSPS) is 19.1. The molecule has 1 spiro atoms. The highest BCUT2D eigenvalue weighted by molar-refractivity contribution is 6.33. The molecule has 1 fully saturated rings. The van der Waals surface area contributed by atoms with Crippen LogP contribution in [0.25, 0.3) is 0 Å². The molecule has 1 heterocycles. The number of hydrogen-bond acceptors (Lipinski definition) is 7. The summed E-state index contributed by atoms with van der Waals surface area (Å²) in [5.74, 6) is -1.15. The molecule has 1 aromatic carbocycles. The van der Waals surface area contributed by atoms with Gasteiger partial charge in [0.05, 0.1) is 22.9 Å². The SMILES string of the molecule is CCOC(=O)c1cc(N2C(N)=NC(N)=NC23CCCCC3)c(F)cc1Cl. The molecule has 0 radical (unpaired) electrons. The number of hydrogen-bond donors (Lipinski definition) is 2. The van der Waals surface area contributed by atoms with Crippen molar-refractivity contribution in [2.45, 2.75) is 44.7 Å². The van der Waals surface area contributed by atoms with Gasteiger partial charge < -0.3 is 16.2 Å². The van der Waals surface area contributed by atoms with Crippen molar-refractivity contribution in [2.24, 2.45) is 21.5 Å². The van der Waals surface area contributed by atoms with Crippen molar-refractivity contribution >= 4 is 35.2 Å². The summed E-state index contributed by atoms with van der Waals surface area (Å²) in [5.41, 5.74) is 11.2. The quantitative estimate of drug-likeness (QED) is 0.783. The van der Waals surface area contributed by atoms with Crippen LogP contribution in [0.4, 0.5) is 10.1 Å². The van der Waals surface area contributed by atoms with Crippen LogP contribution in [0.2, 0.25) is 5.02 Å². The zero-order chi connectivity index (χ0) is 18.9. The third kappa shape index (κ3) is 3.21. The van der Waals surface area contributed by atoms with E-state index in [1.807, 2.05) is 0 Å². The minimum atomic E-state index is -0.811. The van der Waals surface area contributed by atoms with E-state index >= 15 is 0 Å². The molecule has 0 amide bonds. The maximum atomic E-state index is 14.8. The smallest absolute Gasteiger partial charge is 0.339 e. The van der Waals surface area contributed by atoms with Crippen molar-refractivity contribution in [1.82, 2.24) is 0 Å². The van der Waals surface area contributed by atoms with E-state index in [1.54, 1.807) is 6.92 Å². The highest BCUT2D eigenvalue weighted by Gasteiger charge is 2.43. The highest BCUT2D eigenvalue weighted by Crippen LogP contribution is 2.41. The van der Waals surface area contributed by atoms with Crippen LogP contribution in [0.3, 0.4) is 0 Å². The summed E-state index contributed by atoms with van der Waals surface area (Å²) in [7, 11) is 0. The number of nitrogens with two attached hydrogens (primary N) is 2. The average molecular weight is 382 g/mol. The van der Waals surface area contributed by atoms with Crippen LogP contribution in [0.5, 0.6) is 0 Å². The van der Waals surface area contributed by atoms with Crippen LogP contribution in [-0.2, 0) is 4.74 Å². The van der Waals surface area contributed by atoms with Gasteiger partial charge in [0.2, 0.25) is 11.9 Å². The first-order valence-electron chi connectivity index (χ1n) is 8.54. The van der Waals surface area contributed by atoms with Gasteiger partial charge in [-0.1, -0.05) is 18.0 Å². The first kappa shape index (κ1) is 18.4. The van der Waals surface area contributed by atoms with Crippen molar-refractivity contribution in [3.63, 3.8) is 0 Å². The van der Waals surface area contributed by atoms with E-state index in [-0.39, 0.29) is 34.8 Å². The summed E-state index contributed by atoms with van der Waals surface area (Å²) >= 11 is 6.04. The molecule has 4 N–H and O–H groups in total. The maximum Gasteiger partial charge on any atom is 0.339 e. The van der Waals surface area contributed by atoms with E-state index in [0.29, 0.717) is 12.8 Å². The van der Waals surface area contributed by atoms with Crippen LogP contribution in [-0.4, -0.2) is 30.2 Å². The van der Waals surface area contributed by atoms with Crippen molar-refractivity contribution < 1.29 is 13.9 Å². The Balaban J connectivity index is 2.12. The van der Waals surface area contributed by atoms with E-state index in [4.69, 9.17) is 27.8 Å². The zero-order valence-electron chi connectivity index (χ0n) is 14.5. The van der Waals surface area contributed by atoms with Gasteiger partial charge in [-0.3, -0.25) is 4.90 Å². The van der Waals surface area contributed by atoms with Gasteiger partial charge in [0.1, 0.15) is 11.5 Å². The summed E-state index contributed by atoms with van der Waals surface area (Å²) in [5, 5.41) is -0.0297. The van der Waals surface area contributed by atoms with Crippen LogP contribution < -0.4 is 16.4 Å². The van der Waals surface area contributed by atoms with Crippen molar-refractivity contribution in [2.75, 3.05) is 11.5 Å². The van der Waals surface area contributed by atoms with E-state index < -0.39 is 17.4 Å². The Hall–Kier alpha value is -2.35. The van der Waals surface area contributed by atoms with E-state index in [9.17, 15) is 9.18 Å². The number of esters is 1. The van der Waals surface area contributed by atoms with Gasteiger partial charge in [0, 0.05) is 0 Å². The Morgan fingerprint density at radius 3 is 2.69 bits per heavy atom. The van der Waals surface area contributed by atoms with Crippen LogP contribution in [0.15, 0.2) is 22.1 Å². The second-order valence-electron chi connectivity index (χ2n) is 6.32. The predicted octanol–water partition coefficient (Wildman–Crippen LogP) is 2.77. The number of anilines is 1. The Kier molecular flexibility index (Phi) is 5.04. The summed E-state index contributed by atoms with van der Waals surface area (Å²) < 4.78 is 19.8. The fourth-order valence-electron chi connectivity index (χ4n) is 3.54. The largest absolute Gasteiger partial charge is 0.462 e. The molecule has 9 heteroatoms. The van der Waals surface area contributed by atoms with Gasteiger partial charge in [-0.2, -0.15) is 4.99 Å². The molecule has 1 aliphatic heterocycles. The van der Waals surface area contributed by atoms with Gasteiger partial charge in [-0.05, 0) is 44.7 Å². The fraction of sp³-hybridized carbons (Fsp3) is 0.471. The minimum Gasteiger partial charge on any atom is -0.462 e. The standard InChI is InChI=1S/C17H21ClFN5O2/c1-2-26-14(25)10-8-13(12(19)9-11(10)18)24-16(21)22-15(20)23-17(24)6-4-3-5-7-17/h8-9H,2-7H2,1H3,(H4,20,21,22,23). The molecule has 1 aliphatic carbocycles. The lowest BCUT2D eigenvalue weighted by atomic mass is 9.87. The minimum absolute atomic E-state index is 0.0297. The molecule has 3 rings (SSSR count). The molecule has 1 aromatic rings. The Bertz CT molecular complexity index is 790. The number of benzene rings is 1. The second-order valence-corrected chi connectivity index (χ2v) is 6.73. The number of guanidine groups is 2. The number of nitrogens with zero attached hydrogens (tertiary/aromatic N) is 3. The van der Waals surface area contributed by atoms with Crippen LogP contribution in [0.1, 0.15) is 49.4 Å². The van der Waals surface area contributed by atoms with Crippen molar-refractivity contribution in [3.05, 3.63) is 28.5 Å². The lowest BCUT2D eigenvalue weighted by Crippen LogP contribution is -2.58. The summed E-state index contributed by atoms with van der Waals surface area (Å²) in [6.07, 6.45) is 4.17. The summed E-state index contributed by atoms with van der Waals surface area (Å²) in [6, 6.07) is 2.42. The number of ether oxygens (including phenoxy) is 1. The molecule has 2 aliphatic rings. The fourth-order valence-corrected chi connectivity index (χ4v) is 3.77. The first-order valence-corrected chi connectivity index (χ1v) is 8.91. The topological polar surface area (TPSA) is 106 Å². The first-order chi connectivity index (χ1) is 12.4. The van der Waals surface area contributed by atoms with Gasteiger partial charge in [0.15, 0.2) is 0 Å². The average Bonchev–Trinajstić information content (AvgIpc) is 2.57. The lowest BCUT2D eigenvalue weighted by molar-refractivity contribution is 0.0526. The van der Waals surface area contributed by atoms with Crippen molar-refractivity contribution in [1.29, 1.82) is 0 Å². The molecule has 0 bridgehead atoms. The van der Waals surface area contributed by atoms with Gasteiger partial charge >= 0.3 is 5.97 Å². The van der Waals surface area contributed by atoms with Gasteiger partial charge in [-0.15, -0.1) is 0 Å². The van der Waals surface area contributed by atoms with E-state index in [1.165, 1.54) is 11.0 Å². The molecule has 0 saturated heterocycles. The molecule has 0 aromatic heterocycles. The number of halogens is 2. The van der Waals surface area contributed by atoms with Gasteiger partial charge in [0.25, 0.3) is 0 Å². The monoisotopic (exact) mass is 381 g/mol. The molecule has 0 unspecified atom stereocenters. The number of rotatable bonds is 3. The molecule has 1 saturated carbocycles. The summed E-state index contributed by atoms with van der Waals surface area (Å²) in [4.78, 5) is 22.2. The summed E-state index contributed by atoms with van der Waals surface area (Å²) in [6.45, 7) is 1.86. The molecule has 0 atom stereocenters. The predicted molar refractivity (Wildman–Crippen MR) is 98.9 cm³/mol. The third-order valence-corrected chi connectivity index (χ3v) is 4.94.